The fourth-order valence-corrected chi connectivity index (χ4v) is 5.90. The van der Waals surface area contributed by atoms with E-state index in [1.54, 1.807) is 17.6 Å². The summed E-state index contributed by atoms with van der Waals surface area (Å²) in [5.74, 6) is -1.12. The lowest BCUT2D eigenvalue weighted by molar-refractivity contribution is -0.116. The van der Waals surface area contributed by atoms with E-state index in [1.165, 1.54) is 9.47 Å². The summed E-state index contributed by atoms with van der Waals surface area (Å²) in [4.78, 5) is 42.6. The summed E-state index contributed by atoms with van der Waals surface area (Å²) in [6.07, 6.45) is 3.01. The van der Waals surface area contributed by atoms with Crippen LogP contribution in [0.15, 0.2) is 41.2 Å². The van der Waals surface area contributed by atoms with Crippen molar-refractivity contribution in [1.82, 2.24) is 14.0 Å². The molecule has 2 aromatic carbocycles. The molecule has 1 fully saturated rings. The van der Waals surface area contributed by atoms with Gasteiger partial charge in [-0.05, 0) is 49.9 Å². The molecule has 8 rings (SSSR count). The summed E-state index contributed by atoms with van der Waals surface area (Å²) in [7, 11) is 0. The maximum Gasteiger partial charge on any atom is 0.363 e. The van der Waals surface area contributed by atoms with Crippen LogP contribution in [-0.4, -0.2) is 43.6 Å². The predicted molar refractivity (Wildman–Crippen MR) is 128 cm³/mol. The van der Waals surface area contributed by atoms with Gasteiger partial charge in [0.1, 0.15) is 6.04 Å². The van der Waals surface area contributed by atoms with Crippen molar-refractivity contribution < 1.29 is 14.7 Å². The molecule has 1 aliphatic carbocycles. The molecule has 3 N–H and O–H groups in total. The zero-order chi connectivity index (χ0) is 23.8. The number of carbonyl (C=O) groups excluding carboxylic acids is 2. The van der Waals surface area contributed by atoms with Crippen LogP contribution in [0.2, 0.25) is 0 Å². The van der Waals surface area contributed by atoms with E-state index in [9.17, 15) is 19.5 Å². The molecular formula is C25H27N5O4. The van der Waals surface area contributed by atoms with E-state index >= 15 is 0 Å². The van der Waals surface area contributed by atoms with Gasteiger partial charge in [-0.25, -0.2) is 4.79 Å². The number of carbonyl (C=O) groups is 2. The zero-order valence-corrected chi connectivity index (χ0v) is 19.2. The smallest absolute Gasteiger partial charge is 0.363 e. The summed E-state index contributed by atoms with van der Waals surface area (Å²) >= 11 is 0. The molecule has 2 atom stereocenters. The lowest BCUT2D eigenvalue weighted by Crippen LogP contribution is -2.51. The number of hydrogen-bond acceptors (Lipinski definition) is 5. The Morgan fingerprint density at radius 1 is 1.03 bits per heavy atom. The average Bonchev–Trinajstić information content (AvgIpc) is 3.30. The van der Waals surface area contributed by atoms with Crippen molar-refractivity contribution in [2.45, 2.75) is 57.0 Å². The SMILES string of the molecule is C[C@@H]1C(=O)n2c3ccc4c(c3-c3ccccc31)NC(=O)[C@@H](C)Nn2c(=O)n4C1(CO)CCCC1. The first kappa shape index (κ1) is 21.0. The number of fused-ring (bicyclic) bond motifs is 5. The van der Waals surface area contributed by atoms with Crippen LogP contribution >= 0.6 is 0 Å². The van der Waals surface area contributed by atoms with E-state index < -0.39 is 23.2 Å². The molecule has 0 radical (unpaired) electrons. The van der Waals surface area contributed by atoms with Crippen molar-refractivity contribution in [3.05, 3.63) is 52.4 Å². The molecule has 9 nitrogen and oxygen atoms in total. The number of rotatable bonds is 2. The molecule has 176 valence electrons. The Balaban J connectivity index is 1.91. The maximum atomic E-state index is 14.2. The van der Waals surface area contributed by atoms with Crippen molar-refractivity contribution in [2.75, 3.05) is 17.3 Å². The second-order valence-corrected chi connectivity index (χ2v) is 9.67. The van der Waals surface area contributed by atoms with Crippen LogP contribution in [0.25, 0.3) is 22.2 Å². The maximum absolute atomic E-state index is 14.2. The fraction of sp³-hybridized carbons (Fsp3) is 0.400. The van der Waals surface area contributed by atoms with E-state index in [1.807, 2.05) is 37.3 Å². The summed E-state index contributed by atoms with van der Waals surface area (Å²) in [5.41, 5.74) is 5.59. The summed E-state index contributed by atoms with van der Waals surface area (Å²) < 4.78 is 2.98. The highest BCUT2D eigenvalue weighted by Crippen LogP contribution is 2.45. The Bertz CT molecular complexity index is 1450. The number of nitrogens with zero attached hydrogens (tertiary/aromatic N) is 3. The Morgan fingerprint density at radius 2 is 1.74 bits per heavy atom. The van der Waals surface area contributed by atoms with Gasteiger partial charge in [0.15, 0.2) is 0 Å². The van der Waals surface area contributed by atoms with Crippen LogP contribution in [-0.2, 0) is 10.3 Å². The van der Waals surface area contributed by atoms with Gasteiger partial charge < -0.3 is 10.4 Å². The largest absolute Gasteiger partial charge is 0.394 e. The van der Waals surface area contributed by atoms with Crippen LogP contribution in [0.3, 0.4) is 0 Å². The number of benzene rings is 2. The molecule has 3 aliphatic heterocycles. The van der Waals surface area contributed by atoms with Gasteiger partial charge in [-0.1, -0.05) is 37.1 Å². The Labute approximate surface area is 195 Å². The normalized spacial score (nSPS) is 22.6. The molecular weight excluding hydrogens is 434 g/mol. The number of nitrogens with one attached hydrogen (secondary N) is 2. The quantitative estimate of drug-likeness (QED) is 0.544. The molecule has 1 saturated carbocycles. The minimum absolute atomic E-state index is 0.215. The third-order valence-electron chi connectivity index (χ3n) is 7.74. The van der Waals surface area contributed by atoms with Crippen LogP contribution in [0.5, 0.6) is 0 Å². The van der Waals surface area contributed by atoms with Gasteiger partial charge in [0.2, 0.25) is 5.91 Å². The van der Waals surface area contributed by atoms with E-state index in [2.05, 4.69) is 10.7 Å². The number of aliphatic hydroxyl groups excluding tert-OH is 1. The van der Waals surface area contributed by atoms with Crippen LogP contribution in [0.4, 0.5) is 5.69 Å². The second-order valence-electron chi connectivity index (χ2n) is 9.67. The van der Waals surface area contributed by atoms with Crippen LogP contribution < -0.4 is 16.4 Å². The van der Waals surface area contributed by atoms with Gasteiger partial charge in [-0.2, -0.15) is 4.68 Å². The molecule has 5 heterocycles. The highest BCUT2D eigenvalue weighted by Gasteiger charge is 2.41. The molecule has 2 aromatic heterocycles. The topological polar surface area (TPSA) is 110 Å². The third kappa shape index (κ3) is 2.61. The van der Waals surface area contributed by atoms with Gasteiger partial charge in [-0.15, -0.1) is 4.79 Å². The van der Waals surface area contributed by atoms with Crippen molar-refractivity contribution in [2.24, 2.45) is 0 Å². The molecule has 9 heteroatoms. The van der Waals surface area contributed by atoms with Gasteiger partial charge in [0.25, 0.3) is 5.91 Å². The Hall–Kier alpha value is -3.59. The zero-order valence-electron chi connectivity index (χ0n) is 19.2. The first-order valence-corrected chi connectivity index (χ1v) is 11.8. The number of aromatic nitrogens is 3. The third-order valence-corrected chi connectivity index (χ3v) is 7.74. The summed E-state index contributed by atoms with van der Waals surface area (Å²) in [5, 5.41) is 13.6. The van der Waals surface area contributed by atoms with Crippen molar-refractivity contribution in [3.63, 3.8) is 0 Å². The van der Waals surface area contributed by atoms with Crippen LogP contribution in [0, 0.1) is 0 Å². The van der Waals surface area contributed by atoms with E-state index in [0.29, 0.717) is 35.1 Å². The lowest BCUT2D eigenvalue weighted by atomic mass is 9.90. The molecule has 4 aromatic rings. The molecule has 34 heavy (non-hydrogen) atoms. The second kappa shape index (κ2) is 7.20. The first-order valence-electron chi connectivity index (χ1n) is 11.8. The number of amides is 1. The monoisotopic (exact) mass is 461 g/mol. The Kier molecular flexibility index (Phi) is 4.44. The van der Waals surface area contributed by atoms with E-state index in [-0.39, 0.29) is 18.4 Å². The Morgan fingerprint density at radius 3 is 2.47 bits per heavy atom. The minimum Gasteiger partial charge on any atom is -0.394 e. The average molecular weight is 462 g/mol. The van der Waals surface area contributed by atoms with Crippen molar-refractivity contribution >= 4 is 28.5 Å². The number of hydrogen-bond donors (Lipinski definition) is 3. The first-order chi connectivity index (χ1) is 16.4. The van der Waals surface area contributed by atoms with Gasteiger partial charge in [0, 0.05) is 5.56 Å². The van der Waals surface area contributed by atoms with E-state index in [4.69, 9.17) is 0 Å². The highest BCUT2D eigenvalue weighted by molar-refractivity contribution is 6.11. The molecule has 4 aliphatic rings. The summed E-state index contributed by atoms with van der Waals surface area (Å²) in [6, 6.07) is 10.5. The lowest BCUT2D eigenvalue weighted by Gasteiger charge is -2.32. The van der Waals surface area contributed by atoms with Crippen molar-refractivity contribution in [3.8, 4) is 11.1 Å². The molecule has 1 amide bonds. The minimum atomic E-state index is -0.825. The number of aliphatic hydroxyl groups is 1. The fourth-order valence-electron chi connectivity index (χ4n) is 5.90. The number of anilines is 1. The molecule has 0 saturated heterocycles. The van der Waals surface area contributed by atoms with Gasteiger partial charge in [0.05, 0.1) is 34.8 Å². The summed E-state index contributed by atoms with van der Waals surface area (Å²) in [6.45, 7) is 3.27. The highest BCUT2D eigenvalue weighted by atomic mass is 16.3. The van der Waals surface area contributed by atoms with Gasteiger partial charge >= 0.3 is 5.69 Å². The van der Waals surface area contributed by atoms with Gasteiger partial charge in [-0.3, -0.25) is 19.6 Å². The molecule has 6 bridgehead atoms. The standard InChI is InChI=1S/C25H27N5O4/c1-14-16-7-3-4-8-17(16)20-18-9-10-19-21(20)26-22(32)15(2)27-30(29(18)23(14)33)24(34)28(19)25(13-31)11-5-6-12-25/h3-4,7-10,14-15,27,31H,5-6,11-13H2,1-2H3,(H,26,32)/t14-,15+/m0/s1. The molecule has 0 spiro atoms. The van der Waals surface area contributed by atoms with Crippen molar-refractivity contribution in [1.29, 1.82) is 0 Å². The predicted octanol–water partition coefficient (Wildman–Crippen LogP) is 2.74. The molecule has 0 unspecified atom stereocenters. The van der Waals surface area contributed by atoms with E-state index in [0.717, 1.165) is 24.0 Å². The van der Waals surface area contributed by atoms with Crippen LogP contribution in [0.1, 0.15) is 55.8 Å².